The number of methoxy groups -OCH3 is 1. The lowest BCUT2D eigenvalue weighted by Crippen LogP contribution is -2.31. The molecule has 0 bridgehead atoms. The fourth-order valence-electron chi connectivity index (χ4n) is 1.89. The van der Waals surface area contributed by atoms with Gasteiger partial charge in [-0.05, 0) is 6.42 Å². The van der Waals surface area contributed by atoms with Crippen LogP contribution in [0.4, 0.5) is 0 Å². The van der Waals surface area contributed by atoms with Crippen LogP contribution in [0.2, 0.25) is 0 Å². The van der Waals surface area contributed by atoms with Crippen molar-refractivity contribution in [2.24, 2.45) is 5.41 Å². The second kappa shape index (κ2) is 3.27. The topological polar surface area (TPSA) is 48.1 Å². The summed E-state index contributed by atoms with van der Waals surface area (Å²) in [6, 6.07) is 0. The highest BCUT2D eigenvalue weighted by Crippen LogP contribution is 2.43. The van der Waals surface area contributed by atoms with Gasteiger partial charge in [0.1, 0.15) is 0 Å². The smallest absolute Gasteiger partial charge is 0.306 e. The highest BCUT2D eigenvalue weighted by molar-refractivity contribution is 5.70. The Bertz CT molecular complexity index is 204. The highest BCUT2D eigenvalue weighted by Gasteiger charge is 2.50. The van der Waals surface area contributed by atoms with Gasteiger partial charge in [-0.3, -0.25) is 4.79 Å². The van der Waals surface area contributed by atoms with E-state index in [0.29, 0.717) is 13.0 Å². The van der Waals surface area contributed by atoms with E-state index in [0.717, 1.165) is 19.6 Å². The summed E-state index contributed by atoms with van der Waals surface area (Å²) in [4.78, 5) is 11.2. The van der Waals surface area contributed by atoms with Crippen molar-refractivity contribution in [3.05, 3.63) is 0 Å². The summed E-state index contributed by atoms with van der Waals surface area (Å²) < 4.78 is 15.2. The van der Waals surface area contributed by atoms with Gasteiger partial charge in [-0.1, -0.05) is 0 Å². The molecule has 0 aromatic carbocycles. The van der Waals surface area contributed by atoms with E-state index in [1.54, 1.807) is 0 Å². The van der Waals surface area contributed by atoms with E-state index in [1.807, 2.05) is 0 Å². The Morgan fingerprint density at radius 2 is 2.46 bits per heavy atom. The van der Waals surface area contributed by atoms with E-state index in [9.17, 15) is 4.79 Å². The third-order valence-corrected chi connectivity index (χ3v) is 2.87. The molecule has 0 spiro atoms. The molecule has 0 aromatic rings. The first-order chi connectivity index (χ1) is 6.27. The summed E-state index contributed by atoms with van der Waals surface area (Å²) in [5.41, 5.74) is -0.0902. The zero-order valence-electron chi connectivity index (χ0n) is 7.75. The van der Waals surface area contributed by atoms with Crippen molar-refractivity contribution < 1.29 is 19.0 Å². The van der Waals surface area contributed by atoms with Crippen molar-refractivity contribution in [2.45, 2.75) is 18.9 Å². The standard InChI is InChI=1S/C9H14O4/c1-11-8(10)4-9(7-5-13-7)2-3-12-6-9/h7H,2-6H2,1H3. The van der Waals surface area contributed by atoms with Crippen LogP contribution in [-0.4, -0.2) is 39.0 Å². The molecule has 4 nitrogen and oxygen atoms in total. The minimum absolute atomic E-state index is 0.0902. The van der Waals surface area contributed by atoms with Crippen LogP contribution < -0.4 is 0 Å². The molecule has 2 rings (SSSR count). The van der Waals surface area contributed by atoms with Gasteiger partial charge in [0.25, 0.3) is 0 Å². The number of hydrogen-bond donors (Lipinski definition) is 0. The summed E-state index contributed by atoms with van der Waals surface area (Å²) >= 11 is 0. The first-order valence-electron chi connectivity index (χ1n) is 4.53. The average Bonchev–Trinajstić information content (AvgIpc) is 2.89. The first-order valence-corrected chi connectivity index (χ1v) is 4.53. The van der Waals surface area contributed by atoms with Gasteiger partial charge < -0.3 is 14.2 Å². The molecule has 0 radical (unpaired) electrons. The van der Waals surface area contributed by atoms with Crippen LogP contribution in [0.3, 0.4) is 0 Å². The monoisotopic (exact) mass is 186 g/mol. The maximum Gasteiger partial charge on any atom is 0.306 e. The van der Waals surface area contributed by atoms with E-state index in [2.05, 4.69) is 4.74 Å². The van der Waals surface area contributed by atoms with Crippen molar-refractivity contribution >= 4 is 5.97 Å². The molecule has 2 aliphatic heterocycles. The van der Waals surface area contributed by atoms with E-state index in [4.69, 9.17) is 9.47 Å². The fourth-order valence-corrected chi connectivity index (χ4v) is 1.89. The Kier molecular flexibility index (Phi) is 2.26. The van der Waals surface area contributed by atoms with Gasteiger partial charge in [-0.25, -0.2) is 0 Å². The molecular weight excluding hydrogens is 172 g/mol. The third kappa shape index (κ3) is 1.69. The van der Waals surface area contributed by atoms with Crippen LogP contribution in [0.15, 0.2) is 0 Å². The van der Waals surface area contributed by atoms with Crippen LogP contribution in [-0.2, 0) is 19.0 Å². The quantitative estimate of drug-likeness (QED) is 0.471. The normalized spacial score (nSPS) is 37.5. The first kappa shape index (κ1) is 8.97. The van der Waals surface area contributed by atoms with Gasteiger partial charge in [0.05, 0.1) is 32.8 Å². The maximum absolute atomic E-state index is 11.2. The molecule has 2 aliphatic rings. The number of ether oxygens (including phenoxy) is 3. The van der Waals surface area contributed by atoms with Crippen molar-refractivity contribution in [3.8, 4) is 0 Å². The Labute approximate surface area is 77.1 Å². The SMILES string of the molecule is COC(=O)CC1(C2CO2)CCOC1. The Balaban J connectivity index is 2.00. The molecule has 2 unspecified atom stereocenters. The van der Waals surface area contributed by atoms with Crippen LogP contribution >= 0.6 is 0 Å². The second-order valence-corrected chi connectivity index (χ2v) is 3.74. The van der Waals surface area contributed by atoms with Crippen molar-refractivity contribution in [1.82, 2.24) is 0 Å². The number of rotatable bonds is 3. The van der Waals surface area contributed by atoms with Gasteiger partial charge in [0, 0.05) is 12.0 Å². The predicted molar refractivity (Wildman–Crippen MR) is 44.2 cm³/mol. The van der Waals surface area contributed by atoms with Crippen LogP contribution in [0.1, 0.15) is 12.8 Å². The predicted octanol–water partition coefficient (Wildman–Crippen LogP) is 0.355. The minimum atomic E-state index is -0.166. The number of hydrogen-bond acceptors (Lipinski definition) is 4. The zero-order valence-corrected chi connectivity index (χ0v) is 7.75. The summed E-state index contributed by atoms with van der Waals surface area (Å²) in [6.07, 6.45) is 1.55. The Hall–Kier alpha value is -0.610. The molecule has 2 fully saturated rings. The molecule has 74 valence electrons. The molecule has 0 aromatic heterocycles. The summed E-state index contributed by atoms with van der Waals surface area (Å²) in [5.74, 6) is -0.166. The zero-order chi connectivity index (χ0) is 9.31. The van der Waals surface area contributed by atoms with E-state index < -0.39 is 0 Å². The van der Waals surface area contributed by atoms with Gasteiger partial charge >= 0.3 is 5.97 Å². The summed E-state index contributed by atoms with van der Waals surface area (Å²) in [5, 5.41) is 0. The maximum atomic E-state index is 11.2. The van der Waals surface area contributed by atoms with Crippen molar-refractivity contribution in [1.29, 1.82) is 0 Å². The number of esters is 1. The molecule has 2 heterocycles. The highest BCUT2D eigenvalue weighted by atomic mass is 16.6. The van der Waals surface area contributed by atoms with E-state index >= 15 is 0 Å². The van der Waals surface area contributed by atoms with E-state index in [1.165, 1.54) is 7.11 Å². The molecule has 13 heavy (non-hydrogen) atoms. The van der Waals surface area contributed by atoms with Crippen LogP contribution in [0.25, 0.3) is 0 Å². The lowest BCUT2D eigenvalue weighted by atomic mass is 9.80. The minimum Gasteiger partial charge on any atom is -0.469 e. The average molecular weight is 186 g/mol. The molecule has 4 heteroatoms. The van der Waals surface area contributed by atoms with Crippen LogP contribution in [0.5, 0.6) is 0 Å². The van der Waals surface area contributed by atoms with Crippen LogP contribution in [0, 0.1) is 5.41 Å². The van der Waals surface area contributed by atoms with Gasteiger partial charge in [-0.2, -0.15) is 0 Å². The molecule has 2 saturated heterocycles. The summed E-state index contributed by atoms with van der Waals surface area (Å²) in [6.45, 7) is 2.13. The van der Waals surface area contributed by atoms with E-state index in [-0.39, 0.29) is 17.5 Å². The number of carbonyl (C=O) groups excluding carboxylic acids is 1. The van der Waals surface area contributed by atoms with Gasteiger partial charge in [0.2, 0.25) is 0 Å². The number of carbonyl (C=O) groups is 1. The Morgan fingerprint density at radius 1 is 1.69 bits per heavy atom. The molecule has 0 saturated carbocycles. The second-order valence-electron chi connectivity index (χ2n) is 3.74. The lowest BCUT2D eigenvalue weighted by Gasteiger charge is -2.23. The largest absolute Gasteiger partial charge is 0.469 e. The molecule has 0 amide bonds. The lowest BCUT2D eigenvalue weighted by molar-refractivity contribution is -0.143. The fraction of sp³-hybridized carbons (Fsp3) is 0.889. The summed E-state index contributed by atoms with van der Waals surface area (Å²) in [7, 11) is 1.42. The Morgan fingerprint density at radius 3 is 2.92 bits per heavy atom. The van der Waals surface area contributed by atoms with Gasteiger partial charge in [0.15, 0.2) is 0 Å². The van der Waals surface area contributed by atoms with Gasteiger partial charge in [-0.15, -0.1) is 0 Å². The molecule has 2 atom stereocenters. The van der Waals surface area contributed by atoms with Crippen molar-refractivity contribution in [3.63, 3.8) is 0 Å². The number of epoxide rings is 1. The molecule has 0 N–H and O–H groups in total. The third-order valence-electron chi connectivity index (χ3n) is 2.87. The van der Waals surface area contributed by atoms with Crippen molar-refractivity contribution in [2.75, 3.05) is 26.9 Å². The molecular formula is C9H14O4. The molecule has 0 aliphatic carbocycles.